The van der Waals surface area contributed by atoms with Gasteiger partial charge < -0.3 is 0 Å². The van der Waals surface area contributed by atoms with Crippen molar-refractivity contribution in [1.29, 1.82) is 0 Å². The lowest BCUT2D eigenvalue weighted by Gasteiger charge is -2.20. The first-order valence-electron chi connectivity index (χ1n) is 11.5. The molecule has 0 saturated carbocycles. The van der Waals surface area contributed by atoms with Crippen LogP contribution < -0.4 is 0 Å². The van der Waals surface area contributed by atoms with E-state index < -0.39 is 0 Å². The second kappa shape index (κ2) is 9.25. The van der Waals surface area contributed by atoms with E-state index in [9.17, 15) is 0 Å². The number of hydrogen-bond acceptors (Lipinski definition) is 0. The first-order valence-corrected chi connectivity index (χ1v) is 12.7. The third-order valence-electron chi connectivity index (χ3n) is 5.72. The van der Waals surface area contributed by atoms with Gasteiger partial charge >= 0.3 is 0 Å². The van der Waals surface area contributed by atoms with Gasteiger partial charge in [-0.2, -0.15) is 0 Å². The molecule has 0 aliphatic carbocycles. The summed E-state index contributed by atoms with van der Waals surface area (Å²) in [5.41, 5.74) is 4.53. The van der Waals surface area contributed by atoms with Crippen LogP contribution in [0.4, 0.5) is 0 Å². The van der Waals surface area contributed by atoms with E-state index in [1.165, 1.54) is 31.4 Å². The summed E-state index contributed by atoms with van der Waals surface area (Å²) in [7, 11) is -0.106. The highest BCUT2D eigenvalue weighted by Crippen LogP contribution is 2.34. The molecule has 3 rings (SSSR count). The monoisotopic (exact) mass is 431 g/mol. The zero-order valence-corrected chi connectivity index (χ0v) is 21.4. The Hall–Kier alpha value is -1.99. The minimum atomic E-state index is -0.106. The topological polar surface area (TPSA) is 0 Å². The third-order valence-corrected chi connectivity index (χ3v) is 7.95. The van der Waals surface area contributed by atoms with Gasteiger partial charge in [-0.1, -0.05) is 91.8 Å². The van der Waals surface area contributed by atoms with Crippen molar-refractivity contribution in [3.05, 3.63) is 89.5 Å². The predicted octanol–water partition coefficient (Wildman–Crippen LogP) is 8.58. The molecule has 0 atom stereocenters. The number of benzene rings is 3. The van der Waals surface area contributed by atoms with E-state index in [0.717, 1.165) is 6.42 Å². The summed E-state index contributed by atoms with van der Waals surface area (Å²) in [4.78, 5) is 4.15. The van der Waals surface area contributed by atoms with E-state index in [2.05, 4.69) is 128 Å². The van der Waals surface area contributed by atoms with Crippen molar-refractivity contribution in [1.82, 2.24) is 0 Å². The Bertz CT molecular complexity index is 906. The quantitative estimate of drug-likeness (QED) is 0.355. The maximum Gasteiger partial charge on any atom is 0.166 e. The average molecular weight is 432 g/mol. The maximum absolute atomic E-state index is 2.34. The van der Waals surface area contributed by atoms with Crippen molar-refractivity contribution in [2.75, 3.05) is 0 Å². The Morgan fingerprint density at radius 2 is 0.871 bits per heavy atom. The third kappa shape index (κ3) is 6.04. The molecule has 0 aliphatic heterocycles. The molecule has 0 nitrogen and oxygen atoms in total. The fourth-order valence-corrected chi connectivity index (χ4v) is 5.86. The van der Waals surface area contributed by atoms with E-state index >= 15 is 0 Å². The van der Waals surface area contributed by atoms with E-state index in [4.69, 9.17) is 0 Å². The van der Waals surface area contributed by atoms with Crippen molar-refractivity contribution in [2.24, 2.45) is 5.92 Å². The van der Waals surface area contributed by atoms with Crippen LogP contribution in [0.5, 0.6) is 0 Å². The second-order valence-corrected chi connectivity index (χ2v) is 13.1. The van der Waals surface area contributed by atoms with Crippen LogP contribution in [0.15, 0.2) is 87.5 Å². The van der Waals surface area contributed by atoms with Gasteiger partial charge in [-0.15, -0.1) is 0 Å². The molecular formula is C30H39S+. The standard InChI is InChI=1S/C30H39S/c1-22(2)21-23-9-15-26(16-10-23)31(27-17-11-24(12-18-27)29(3,4)5)28-19-13-25(14-20-28)30(6,7)8/h9-20,22H,21H2,1-8H3/q+1. The molecule has 0 aliphatic rings. The van der Waals surface area contributed by atoms with Crippen molar-refractivity contribution in [3.63, 3.8) is 0 Å². The summed E-state index contributed by atoms with van der Waals surface area (Å²) in [6, 6.07) is 27.9. The van der Waals surface area contributed by atoms with Gasteiger partial charge in [0, 0.05) is 0 Å². The largest absolute Gasteiger partial charge is 0.166 e. The van der Waals surface area contributed by atoms with Crippen LogP contribution in [-0.4, -0.2) is 0 Å². The molecule has 0 N–H and O–H groups in total. The first-order chi connectivity index (χ1) is 14.4. The van der Waals surface area contributed by atoms with Gasteiger partial charge in [-0.3, -0.25) is 0 Å². The summed E-state index contributed by atoms with van der Waals surface area (Å²) in [5, 5.41) is 0. The summed E-state index contributed by atoms with van der Waals surface area (Å²) in [5.74, 6) is 0.680. The van der Waals surface area contributed by atoms with Gasteiger partial charge in [0.25, 0.3) is 0 Å². The van der Waals surface area contributed by atoms with E-state index in [1.807, 2.05) is 0 Å². The van der Waals surface area contributed by atoms with Gasteiger partial charge in [0.05, 0.1) is 10.9 Å². The van der Waals surface area contributed by atoms with Crippen LogP contribution in [-0.2, 0) is 28.1 Å². The lowest BCUT2D eigenvalue weighted by atomic mass is 9.87. The highest BCUT2D eigenvalue weighted by molar-refractivity contribution is 7.97. The normalized spacial score (nSPS) is 12.6. The minimum absolute atomic E-state index is 0.106. The van der Waals surface area contributed by atoms with Crippen molar-refractivity contribution in [2.45, 2.75) is 87.3 Å². The Morgan fingerprint density at radius 1 is 0.548 bits per heavy atom. The fraction of sp³-hybridized carbons (Fsp3) is 0.400. The number of hydrogen-bond donors (Lipinski definition) is 0. The molecule has 31 heavy (non-hydrogen) atoms. The molecule has 3 aromatic carbocycles. The molecule has 3 aromatic rings. The van der Waals surface area contributed by atoms with Crippen LogP contribution in [0, 0.1) is 5.92 Å². The van der Waals surface area contributed by atoms with Gasteiger partial charge in [0.2, 0.25) is 0 Å². The van der Waals surface area contributed by atoms with E-state index in [1.54, 1.807) is 0 Å². The highest BCUT2D eigenvalue weighted by atomic mass is 32.2. The van der Waals surface area contributed by atoms with Gasteiger partial charge in [0.15, 0.2) is 14.7 Å². The number of rotatable bonds is 5. The molecular weight excluding hydrogens is 392 g/mol. The molecule has 0 amide bonds. The summed E-state index contributed by atoms with van der Waals surface area (Å²) in [6.07, 6.45) is 1.13. The lowest BCUT2D eigenvalue weighted by Crippen LogP contribution is -2.13. The van der Waals surface area contributed by atoms with Crippen LogP contribution in [0.2, 0.25) is 0 Å². The smallest absolute Gasteiger partial charge is 0.0625 e. The van der Waals surface area contributed by atoms with Crippen LogP contribution in [0.25, 0.3) is 0 Å². The van der Waals surface area contributed by atoms with Gasteiger partial charge in [-0.25, -0.2) is 0 Å². The average Bonchev–Trinajstić information content (AvgIpc) is 2.68. The SMILES string of the molecule is CC(C)Cc1ccc([S+](c2ccc(C(C)(C)C)cc2)c2ccc(C(C)(C)C)cc2)cc1. The first kappa shape index (κ1) is 23.7. The van der Waals surface area contributed by atoms with Crippen molar-refractivity contribution < 1.29 is 0 Å². The summed E-state index contributed by atoms with van der Waals surface area (Å²) < 4.78 is 0. The van der Waals surface area contributed by atoms with E-state index in [-0.39, 0.29) is 21.7 Å². The van der Waals surface area contributed by atoms with E-state index in [0.29, 0.717) is 5.92 Å². The zero-order valence-electron chi connectivity index (χ0n) is 20.6. The highest BCUT2D eigenvalue weighted by Gasteiger charge is 2.30. The van der Waals surface area contributed by atoms with Crippen molar-refractivity contribution >= 4 is 10.9 Å². The van der Waals surface area contributed by atoms with Gasteiger partial charge in [0.1, 0.15) is 0 Å². The predicted molar refractivity (Wildman–Crippen MR) is 137 cm³/mol. The van der Waals surface area contributed by atoms with Crippen LogP contribution >= 0.6 is 0 Å². The molecule has 0 radical (unpaired) electrons. The minimum Gasteiger partial charge on any atom is -0.0625 e. The molecule has 0 unspecified atom stereocenters. The molecule has 1 heteroatoms. The van der Waals surface area contributed by atoms with Crippen LogP contribution in [0.3, 0.4) is 0 Å². The Labute approximate surface area is 193 Å². The Morgan fingerprint density at radius 3 is 1.16 bits per heavy atom. The Kier molecular flexibility index (Phi) is 7.06. The molecule has 0 spiro atoms. The molecule has 0 fully saturated rings. The lowest BCUT2D eigenvalue weighted by molar-refractivity contribution is 0.589. The molecule has 164 valence electrons. The Balaban J connectivity index is 2.03. The van der Waals surface area contributed by atoms with Crippen molar-refractivity contribution in [3.8, 4) is 0 Å². The fourth-order valence-electron chi connectivity index (χ4n) is 3.82. The zero-order chi connectivity index (χ0) is 22.8. The molecule has 0 heterocycles. The van der Waals surface area contributed by atoms with Crippen LogP contribution in [0.1, 0.15) is 72.1 Å². The molecule has 0 bridgehead atoms. The molecule has 0 saturated heterocycles. The maximum atomic E-state index is 2.34. The summed E-state index contributed by atoms with van der Waals surface area (Å²) >= 11 is 0. The second-order valence-electron chi connectivity index (χ2n) is 11.1. The molecule has 0 aromatic heterocycles. The van der Waals surface area contributed by atoms with Gasteiger partial charge in [-0.05, 0) is 76.3 Å². The summed E-state index contributed by atoms with van der Waals surface area (Å²) in [6.45, 7) is 18.2.